The highest BCUT2D eigenvalue weighted by molar-refractivity contribution is 7.12. The van der Waals surface area contributed by atoms with Crippen LogP contribution in [0.15, 0.2) is 11.4 Å². The second kappa shape index (κ2) is 4.93. The number of hydrogen-bond acceptors (Lipinski definition) is 3. The van der Waals surface area contributed by atoms with Gasteiger partial charge in [0, 0.05) is 0 Å². The number of aryl methyl sites for hydroxylation is 1. The third-order valence-corrected chi connectivity index (χ3v) is 3.01. The number of amides is 1. The molecule has 82 valence electrons. The Morgan fingerprint density at radius 1 is 1.60 bits per heavy atom. The van der Waals surface area contributed by atoms with Crippen molar-refractivity contribution in [3.63, 3.8) is 0 Å². The average molecular weight is 227 g/mol. The van der Waals surface area contributed by atoms with E-state index in [2.05, 4.69) is 5.32 Å². The molecule has 0 aliphatic heterocycles. The van der Waals surface area contributed by atoms with Crippen molar-refractivity contribution in [3.05, 3.63) is 21.9 Å². The van der Waals surface area contributed by atoms with E-state index in [1.54, 1.807) is 13.0 Å². The maximum Gasteiger partial charge on any atom is 0.326 e. The van der Waals surface area contributed by atoms with E-state index in [0.717, 1.165) is 5.56 Å². The number of nitrogens with one attached hydrogen (secondary N) is 1. The summed E-state index contributed by atoms with van der Waals surface area (Å²) in [5.74, 6) is -1.32. The molecule has 1 aromatic heterocycles. The van der Waals surface area contributed by atoms with E-state index >= 15 is 0 Å². The van der Waals surface area contributed by atoms with Crippen molar-refractivity contribution in [3.8, 4) is 0 Å². The zero-order valence-electron chi connectivity index (χ0n) is 8.61. The molecular formula is C10H13NO3S. The van der Waals surface area contributed by atoms with Gasteiger partial charge in [0.2, 0.25) is 0 Å². The summed E-state index contributed by atoms with van der Waals surface area (Å²) in [5, 5.41) is 13.1. The maximum absolute atomic E-state index is 11.6. The van der Waals surface area contributed by atoms with Crippen LogP contribution in [0.1, 0.15) is 28.6 Å². The van der Waals surface area contributed by atoms with E-state index in [1.807, 2.05) is 12.3 Å². The molecule has 0 aromatic carbocycles. The first kappa shape index (κ1) is 11.7. The Hall–Kier alpha value is -1.36. The molecule has 1 unspecified atom stereocenters. The fourth-order valence-corrected chi connectivity index (χ4v) is 1.92. The molecule has 15 heavy (non-hydrogen) atoms. The Morgan fingerprint density at radius 3 is 2.67 bits per heavy atom. The highest BCUT2D eigenvalue weighted by atomic mass is 32.1. The Morgan fingerprint density at radius 2 is 2.27 bits per heavy atom. The zero-order valence-corrected chi connectivity index (χ0v) is 9.43. The molecule has 0 spiro atoms. The number of carboxylic acids is 1. The maximum atomic E-state index is 11.6. The van der Waals surface area contributed by atoms with Gasteiger partial charge in [0.25, 0.3) is 5.91 Å². The number of thiophene rings is 1. The first-order valence-electron chi connectivity index (χ1n) is 4.63. The lowest BCUT2D eigenvalue weighted by Gasteiger charge is -2.10. The number of aliphatic carboxylic acids is 1. The first-order chi connectivity index (χ1) is 7.04. The molecule has 0 radical (unpaired) electrons. The van der Waals surface area contributed by atoms with Crippen molar-refractivity contribution in [2.75, 3.05) is 0 Å². The van der Waals surface area contributed by atoms with Crippen LogP contribution < -0.4 is 5.32 Å². The van der Waals surface area contributed by atoms with Crippen LogP contribution in [0.3, 0.4) is 0 Å². The van der Waals surface area contributed by atoms with Crippen molar-refractivity contribution in [2.24, 2.45) is 0 Å². The molecule has 1 aromatic rings. The summed E-state index contributed by atoms with van der Waals surface area (Å²) in [6, 6.07) is 0.939. The molecular weight excluding hydrogens is 214 g/mol. The van der Waals surface area contributed by atoms with Crippen molar-refractivity contribution >= 4 is 23.2 Å². The lowest BCUT2D eigenvalue weighted by atomic mass is 10.2. The fraction of sp³-hybridized carbons (Fsp3) is 0.400. The monoisotopic (exact) mass is 227 g/mol. The normalized spacial score (nSPS) is 12.1. The predicted octanol–water partition coefficient (Wildman–Crippen LogP) is 1.65. The molecule has 0 aliphatic carbocycles. The topological polar surface area (TPSA) is 66.4 Å². The van der Waals surface area contributed by atoms with Gasteiger partial charge in [0.15, 0.2) is 0 Å². The Balaban J connectivity index is 2.66. The number of carbonyl (C=O) groups excluding carboxylic acids is 1. The summed E-state index contributed by atoms with van der Waals surface area (Å²) < 4.78 is 0. The lowest BCUT2D eigenvalue weighted by Crippen LogP contribution is -2.39. The van der Waals surface area contributed by atoms with Crippen LogP contribution in [0, 0.1) is 6.92 Å². The molecule has 1 rings (SSSR count). The summed E-state index contributed by atoms with van der Waals surface area (Å²) in [4.78, 5) is 22.8. The van der Waals surface area contributed by atoms with Gasteiger partial charge in [-0.15, -0.1) is 11.3 Å². The molecule has 1 atom stereocenters. The zero-order chi connectivity index (χ0) is 11.4. The molecule has 0 fully saturated rings. The van der Waals surface area contributed by atoms with Gasteiger partial charge >= 0.3 is 5.97 Å². The Labute approximate surface area is 91.9 Å². The van der Waals surface area contributed by atoms with Crippen molar-refractivity contribution in [1.29, 1.82) is 0 Å². The van der Waals surface area contributed by atoms with Gasteiger partial charge in [-0.1, -0.05) is 6.92 Å². The summed E-state index contributed by atoms with van der Waals surface area (Å²) in [6.45, 7) is 3.61. The van der Waals surface area contributed by atoms with Gasteiger partial charge in [-0.2, -0.15) is 0 Å². The first-order valence-corrected chi connectivity index (χ1v) is 5.51. The standard InChI is InChI=1S/C10H13NO3S/c1-3-7(10(13)14)11-9(12)8-4-6(2)5-15-8/h4-5,7H,3H2,1-2H3,(H,11,12)(H,13,14). The third-order valence-electron chi connectivity index (χ3n) is 1.97. The second-order valence-corrected chi connectivity index (χ2v) is 4.17. The van der Waals surface area contributed by atoms with Crippen LogP contribution in [0.2, 0.25) is 0 Å². The van der Waals surface area contributed by atoms with Gasteiger partial charge in [0.1, 0.15) is 6.04 Å². The summed E-state index contributed by atoms with van der Waals surface area (Å²) in [5.41, 5.74) is 1.01. The molecule has 2 N–H and O–H groups in total. The van der Waals surface area contributed by atoms with E-state index in [-0.39, 0.29) is 5.91 Å². The van der Waals surface area contributed by atoms with Gasteiger partial charge in [-0.05, 0) is 30.4 Å². The minimum absolute atomic E-state index is 0.317. The summed E-state index contributed by atoms with van der Waals surface area (Å²) >= 11 is 1.32. The van der Waals surface area contributed by atoms with Gasteiger partial charge in [-0.3, -0.25) is 4.79 Å². The molecule has 1 amide bonds. The third kappa shape index (κ3) is 3.06. The fourth-order valence-electron chi connectivity index (χ4n) is 1.12. The van der Waals surface area contributed by atoms with Crippen LogP contribution in [-0.2, 0) is 4.79 Å². The Bertz CT molecular complexity index is 372. The highest BCUT2D eigenvalue weighted by Crippen LogP contribution is 2.13. The van der Waals surface area contributed by atoms with Crippen LogP contribution in [0.4, 0.5) is 0 Å². The van der Waals surface area contributed by atoms with Gasteiger partial charge < -0.3 is 10.4 Å². The van der Waals surface area contributed by atoms with Crippen molar-refractivity contribution in [1.82, 2.24) is 5.32 Å². The molecule has 1 heterocycles. The summed E-state index contributed by atoms with van der Waals surface area (Å²) in [7, 11) is 0. The SMILES string of the molecule is CCC(NC(=O)c1cc(C)cs1)C(=O)O. The second-order valence-electron chi connectivity index (χ2n) is 3.26. The van der Waals surface area contributed by atoms with Crippen LogP contribution >= 0.6 is 11.3 Å². The molecule has 0 saturated carbocycles. The number of carbonyl (C=O) groups is 2. The average Bonchev–Trinajstić information content (AvgIpc) is 2.60. The number of hydrogen-bond donors (Lipinski definition) is 2. The minimum Gasteiger partial charge on any atom is -0.480 e. The van der Waals surface area contributed by atoms with Gasteiger partial charge in [-0.25, -0.2) is 4.79 Å². The molecule has 0 saturated heterocycles. The molecule has 4 nitrogen and oxygen atoms in total. The van der Waals surface area contributed by atoms with Crippen LogP contribution in [0.5, 0.6) is 0 Å². The van der Waals surface area contributed by atoms with Crippen molar-refractivity contribution < 1.29 is 14.7 Å². The highest BCUT2D eigenvalue weighted by Gasteiger charge is 2.18. The number of carboxylic acid groups (broad SMARTS) is 1. The van der Waals surface area contributed by atoms with Gasteiger partial charge in [0.05, 0.1) is 4.88 Å². The predicted molar refractivity (Wildman–Crippen MR) is 58.2 cm³/mol. The molecule has 0 aliphatic rings. The van der Waals surface area contributed by atoms with Crippen LogP contribution in [0.25, 0.3) is 0 Å². The quantitative estimate of drug-likeness (QED) is 0.822. The van der Waals surface area contributed by atoms with Crippen molar-refractivity contribution in [2.45, 2.75) is 26.3 Å². The lowest BCUT2D eigenvalue weighted by molar-refractivity contribution is -0.139. The van der Waals surface area contributed by atoms with E-state index in [9.17, 15) is 9.59 Å². The number of rotatable bonds is 4. The smallest absolute Gasteiger partial charge is 0.326 e. The minimum atomic E-state index is -1.00. The van der Waals surface area contributed by atoms with E-state index in [0.29, 0.717) is 11.3 Å². The van der Waals surface area contributed by atoms with Crippen LogP contribution in [-0.4, -0.2) is 23.0 Å². The van der Waals surface area contributed by atoms with E-state index in [4.69, 9.17) is 5.11 Å². The van der Waals surface area contributed by atoms with E-state index in [1.165, 1.54) is 11.3 Å². The summed E-state index contributed by atoms with van der Waals surface area (Å²) in [6.07, 6.45) is 0.380. The van der Waals surface area contributed by atoms with E-state index < -0.39 is 12.0 Å². The molecule has 5 heteroatoms. The molecule has 0 bridgehead atoms. The largest absolute Gasteiger partial charge is 0.480 e. The Kier molecular flexibility index (Phi) is 3.85.